The number of hydrogen-bond acceptors (Lipinski definition) is 2. The molecule has 0 N–H and O–H groups in total. The fourth-order valence-electron chi connectivity index (χ4n) is 2.57. The second kappa shape index (κ2) is 4.41. The molecule has 18 heavy (non-hydrogen) atoms. The lowest BCUT2D eigenvalue weighted by Crippen LogP contribution is -1.99. The van der Waals surface area contributed by atoms with Gasteiger partial charge in [-0.25, -0.2) is 4.98 Å². The highest BCUT2D eigenvalue weighted by atomic mass is 16.1. The molecular formula is C15H16N2O. The average molecular weight is 240 g/mol. The second-order valence-electron chi connectivity index (χ2n) is 4.74. The molecule has 1 aliphatic carbocycles. The van der Waals surface area contributed by atoms with Gasteiger partial charge in [-0.3, -0.25) is 4.79 Å². The number of imidazole rings is 1. The minimum Gasteiger partial charge on any atom is -0.331 e. The largest absolute Gasteiger partial charge is 0.331 e. The number of aryl methyl sites for hydroxylation is 2. The number of Topliss-reactive ketones (excluding diaryl/α,β-unsaturated/α-hetero) is 1. The fourth-order valence-corrected chi connectivity index (χ4v) is 2.57. The number of rotatable bonds is 3. The molecule has 0 aliphatic heterocycles. The van der Waals surface area contributed by atoms with Crippen LogP contribution in [0.25, 0.3) is 11.4 Å². The van der Waals surface area contributed by atoms with Crippen LogP contribution in [0.2, 0.25) is 0 Å². The summed E-state index contributed by atoms with van der Waals surface area (Å²) in [7, 11) is 0. The van der Waals surface area contributed by atoms with Crippen molar-refractivity contribution in [3.05, 3.63) is 41.7 Å². The number of aromatic nitrogens is 2. The van der Waals surface area contributed by atoms with Crippen molar-refractivity contribution in [1.82, 2.24) is 9.55 Å². The van der Waals surface area contributed by atoms with Crippen LogP contribution in [0.5, 0.6) is 0 Å². The van der Waals surface area contributed by atoms with Crippen molar-refractivity contribution in [2.45, 2.75) is 32.7 Å². The van der Waals surface area contributed by atoms with Gasteiger partial charge in [0.25, 0.3) is 0 Å². The Kier molecular flexibility index (Phi) is 2.74. The van der Waals surface area contributed by atoms with Crippen molar-refractivity contribution < 1.29 is 4.79 Å². The van der Waals surface area contributed by atoms with Crippen molar-refractivity contribution in [1.29, 1.82) is 0 Å². The van der Waals surface area contributed by atoms with Crippen LogP contribution in [-0.2, 0) is 13.0 Å². The molecule has 3 nitrogen and oxygen atoms in total. The molecule has 3 heteroatoms. The number of hydrogen-bond donors (Lipinski definition) is 0. The molecule has 0 saturated carbocycles. The first-order valence-corrected chi connectivity index (χ1v) is 6.47. The Morgan fingerprint density at radius 3 is 3.06 bits per heavy atom. The Balaban J connectivity index is 2.04. The maximum Gasteiger partial charge on any atom is 0.163 e. The van der Waals surface area contributed by atoms with Crippen LogP contribution in [-0.4, -0.2) is 15.3 Å². The Morgan fingerprint density at radius 2 is 2.22 bits per heavy atom. The van der Waals surface area contributed by atoms with Crippen LogP contribution in [0.4, 0.5) is 0 Å². The van der Waals surface area contributed by atoms with E-state index in [4.69, 9.17) is 0 Å². The molecule has 0 fully saturated rings. The van der Waals surface area contributed by atoms with Crippen LogP contribution in [0.15, 0.2) is 30.6 Å². The molecule has 2 aromatic rings. The summed E-state index contributed by atoms with van der Waals surface area (Å²) in [6, 6.07) is 6.14. The number of carbonyl (C=O) groups is 1. The highest BCUT2D eigenvalue weighted by Gasteiger charge is 2.20. The third kappa shape index (κ3) is 1.76. The van der Waals surface area contributed by atoms with Gasteiger partial charge in [-0.05, 0) is 24.5 Å². The summed E-state index contributed by atoms with van der Waals surface area (Å²) in [6.45, 7) is 3.11. The summed E-state index contributed by atoms with van der Waals surface area (Å²) in [6.07, 6.45) is 6.43. The molecular weight excluding hydrogens is 224 g/mol. The van der Waals surface area contributed by atoms with Crippen LogP contribution in [0.1, 0.15) is 35.7 Å². The lowest BCUT2D eigenvalue weighted by atomic mass is 10.1. The smallest absolute Gasteiger partial charge is 0.163 e. The van der Waals surface area contributed by atoms with E-state index in [2.05, 4.69) is 28.6 Å². The Bertz CT molecular complexity index is 598. The molecule has 0 radical (unpaired) electrons. The summed E-state index contributed by atoms with van der Waals surface area (Å²) < 4.78 is 2.14. The van der Waals surface area contributed by atoms with Crippen LogP contribution < -0.4 is 0 Å². The Labute approximate surface area is 106 Å². The first-order valence-electron chi connectivity index (χ1n) is 6.47. The summed E-state index contributed by atoms with van der Waals surface area (Å²) in [4.78, 5) is 16.2. The van der Waals surface area contributed by atoms with Gasteiger partial charge in [0.1, 0.15) is 5.82 Å². The third-order valence-electron chi connectivity index (χ3n) is 3.47. The van der Waals surface area contributed by atoms with Crippen molar-refractivity contribution in [2.75, 3.05) is 0 Å². The summed E-state index contributed by atoms with van der Waals surface area (Å²) in [5.74, 6) is 1.22. The minimum absolute atomic E-state index is 0.264. The zero-order chi connectivity index (χ0) is 12.5. The van der Waals surface area contributed by atoms with E-state index in [0.717, 1.165) is 36.3 Å². The van der Waals surface area contributed by atoms with E-state index in [0.29, 0.717) is 6.42 Å². The predicted octanol–water partition coefficient (Wildman–Crippen LogP) is 3.09. The van der Waals surface area contributed by atoms with Gasteiger partial charge in [-0.15, -0.1) is 0 Å². The zero-order valence-corrected chi connectivity index (χ0v) is 10.5. The SMILES string of the molecule is CCCn1ccnc1-c1ccc2c(c1)C(=O)CC2. The van der Waals surface area contributed by atoms with Crippen LogP contribution >= 0.6 is 0 Å². The topological polar surface area (TPSA) is 34.9 Å². The molecule has 0 spiro atoms. The van der Waals surface area contributed by atoms with Gasteiger partial charge in [0.15, 0.2) is 5.78 Å². The highest BCUT2D eigenvalue weighted by Crippen LogP contribution is 2.27. The first-order chi connectivity index (χ1) is 8.79. The minimum atomic E-state index is 0.264. The highest BCUT2D eigenvalue weighted by molar-refractivity contribution is 6.01. The molecule has 0 saturated heterocycles. The summed E-state index contributed by atoms with van der Waals surface area (Å²) in [5, 5.41) is 0. The summed E-state index contributed by atoms with van der Waals surface area (Å²) in [5.41, 5.74) is 3.11. The number of ketones is 1. The Hall–Kier alpha value is -1.90. The zero-order valence-electron chi connectivity index (χ0n) is 10.5. The van der Waals surface area contributed by atoms with Crippen molar-refractivity contribution in [2.24, 2.45) is 0 Å². The second-order valence-corrected chi connectivity index (χ2v) is 4.74. The first kappa shape index (κ1) is 11.2. The quantitative estimate of drug-likeness (QED) is 0.826. The maximum atomic E-state index is 11.8. The summed E-state index contributed by atoms with van der Waals surface area (Å²) >= 11 is 0. The third-order valence-corrected chi connectivity index (χ3v) is 3.47. The number of fused-ring (bicyclic) bond motifs is 1. The van der Waals surface area contributed by atoms with Gasteiger partial charge in [-0.1, -0.05) is 19.1 Å². The normalized spacial score (nSPS) is 13.9. The van der Waals surface area contributed by atoms with Crippen LogP contribution in [0, 0.1) is 0 Å². The van der Waals surface area contributed by atoms with Gasteiger partial charge in [-0.2, -0.15) is 0 Å². The number of nitrogens with zero attached hydrogens (tertiary/aromatic N) is 2. The van der Waals surface area contributed by atoms with E-state index < -0.39 is 0 Å². The van der Waals surface area contributed by atoms with Gasteiger partial charge < -0.3 is 4.57 Å². The molecule has 1 aromatic carbocycles. The lowest BCUT2D eigenvalue weighted by molar-refractivity contribution is 0.0994. The van der Waals surface area contributed by atoms with E-state index in [1.807, 2.05) is 18.5 Å². The monoisotopic (exact) mass is 240 g/mol. The van der Waals surface area contributed by atoms with Crippen LogP contribution in [0.3, 0.4) is 0 Å². The molecule has 3 rings (SSSR count). The molecule has 92 valence electrons. The average Bonchev–Trinajstić information content (AvgIpc) is 2.97. The van der Waals surface area contributed by atoms with E-state index in [-0.39, 0.29) is 5.78 Å². The van der Waals surface area contributed by atoms with Crippen molar-refractivity contribution >= 4 is 5.78 Å². The maximum absolute atomic E-state index is 11.8. The molecule has 0 atom stereocenters. The van der Waals surface area contributed by atoms with Gasteiger partial charge in [0.05, 0.1) is 0 Å². The Morgan fingerprint density at radius 1 is 1.33 bits per heavy atom. The van der Waals surface area contributed by atoms with Gasteiger partial charge in [0, 0.05) is 36.5 Å². The van der Waals surface area contributed by atoms with E-state index in [1.54, 1.807) is 0 Å². The standard InChI is InChI=1S/C15H16N2O/c1-2-8-17-9-7-16-15(17)12-4-3-11-5-6-14(18)13(11)10-12/h3-4,7,9-10H,2,5-6,8H2,1H3. The van der Waals surface area contributed by atoms with Gasteiger partial charge in [0.2, 0.25) is 0 Å². The molecule has 0 amide bonds. The van der Waals surface area contributed by atoms with E-state index >= 15 is 0 Å². The molecule has 0 bridgehead atoms. The number of benzene rings is 1. The molecule has 1 aromatic heterocycles. The lowest BCUT2D eigenvalue weighted by Gasteiger charge is -2.07. The van der Waals surface area contributed by atoms with E-state index in [1.165, 1.54) is 5.56 Å². The molecule has 1 heterocycles. The molecule has 1 aliphatic rings. The fraction of sp³-hybridized carbons (Fsp3) is 0.333. The number of carbonyl (C=O) groups excluding carboxylic acids is 1. The van der Waals surface area contributed by atoms with Crippen molar-refractivity contribution in [3.63, 3.8) is 0 Å². The molecule has 0 unspecified atom stereocenters. The predicted molar refractivity (Wildman–Crippen MR) is 70.6 cm³/mol. The van der Waals surface area contributed by atoms with Gasteiger partial charge >= 0.3 is 0 Å². The van der Waals surface area contributed by atoms with E-state index in [9.17, 15) is 4.79 Å². The van der Waals surface area contributed by atoms with Crippen molar-refractivity contribution in [3.8, 4) is 11.4 Å².